The van der Waals surface area contributed by atoms with Crippen molar-refractivity contribution >= 4 is 5.91 Å². The summed E-state index contributed by atoms with van der Waals surface area (Å²) in [6.07, 6.45) is 2.13. The van der Waals surface area contributed by atoms with Crippen LogP contribution in [0.5, 0.6) is 0 Å². The van der Waals surface area contributed by atoms with Crippen molar-refractivity contribution in [3.8, 4) is 0 Å². The van der Waals surface area contributed by atoms with E-state index in [-0.39, 0.29) is 12.5 Å². The number of piperidine rings is 1. The molecule has 1 atom stereocenters. The van der Waals surface area contributed by atoms with E-state index in [0.29, 0.717) is 18.8 Å². The van der Waals surface area contributed by atoms with Gasteiger partial charge in [-0.15, -0.1) is 0 Å². The van der Waals surface area contributed by atoms with Crippen molar-refractivity contribution < 1.29 is 13.9 Å². The highest BCUT2D eigenvalue weighted by atomic mass is 19.1. The van der Waals surface area contributed by atoms with Gasteiger partial charge in [0.15, 0.2) is 0 Å². The third-order valence-corrected chi connectivity index (χ3v) is 4.54. The van der Waals surface area contributed by atoms with Crippen molar-refractivity contribution in [2.45, 2.75) is 45.7 Å². The van der Waals surface area contributed by atoms with E-state index in [0.717, 1.165) is 39.3 Å². The Morgan fingerprint density at radius 1 is 1.38 bits per heavy atom. The van der Waals surface area contributed by atoms with Crippen molar-refractivity contribution in [3.05, 3.63) is 0 Å². The monoisotopic (exact) mass is 300 g/mol. The quantitative estimate of drug-likeness (QED) is 0.863. The summed E-state index contributed by atoms with van der Waals surface area (Å²) < 4.78 is 20.1. The normalized spacial score (nSPS) is 26.8. The van der Waals surface area contributed by atoms with Crippen LogP contribution in [0.25, 0.3) is 0 Å². The van der Waals surface area contributed by atoms with Gasteiger partial charge in [0.1, 0.15) is 5.67 Å². The molecular formula is C16H29FN2O2. The number of likely N-dealkylation sites (tertiary alicyclic amines) is 1. The van der Waals surface area contributed by atoms with E-state index in [1.165, 1.54) is 0 Å². The number of alkyl halides is 1. The van der Waals surface area contributed by atoms with E-state index in [1.807, 2.05) is 20.8 Å². The van der Waals surface area contributed by atoms with E-state index < -0.39 is 11.1 Å². The van der Waals surface area contributed by atoms with Crippen LogP contribution in [0.15, 0.2) is 0 Å². The predicted molar refractivity (Wildman–Crippen MR) is 80.9 cm³/mol. The molecular weight excluding hydrogens is 271 g/mol. The summed E-state index contributed by atoms with van der Waals surface area (Å²) in [4.78, 5) is 14.2. The number of amides is 1. The van der Waals surface area contributed by atoms with Crippen molar-refractivity contribution in [1.29, 1.82) is 0 Å². The molecule has 0 aromatic rings. The first-order chi connectivity index (χ1) is 9.78. The maximum Gasteiger partial charge on any atom is 0.225 e. The fourth-order valence-corrected chi connectivity index (χ4v) is 2.91. The van der Waals surface area contributed by atoms with Crippen LogP contribution in [0.3, 0.4) is 0 Å². The molecule has 2 saturated heterocycles. The molecule has 0 bridgehead atoms. The number of rotatable bonds is 4. The standard InChI is InChI=1S/C16H29FN2O2/c1-15(2,3)14(20)18-12-16(17)5-7-19(8-6-16)10-13-4-9-21-11-13/h13H,4-12H2,1-3H3,(H,18,20). The summed E-state index contributed by atoms with van der Waals surface area (Å²) in [5.41, 5.74) is -1.71. The van der Waals surface area contributed by atoms with Crippen LogP contribution in [0, 0.1) is 11.3 Å². The highest BCUT2D eigenvalue weighted by Gasteiger charge is 2.36. The molecule has 5 heteroatoms. The molecule has 0 aromatic heterocycles. The Morgan fingerprint density at radius 2 is 2.05 bits per heavy atom. The van der Waals surface area contributed by atoms with Gasteiger partial charge < -0.3 is 15.0 Å². The second kappa shape index (κ2) is 6.61. The Bertz CT molecular complexity index is 354. The van der Waals surface area contributed by atoms with Gasteiger partial charge in [0.05, 0.1) is 13.2 Å². The summed E-state index contributed by atoms with van der Waals surface area (Å²) in [6.45, 7) is 9.96. The lowest BCUT2D eigenvalue weighted by Crippen LogP contribution is -2.50. The van der Waals surface area contributed by atoms with E-state index in [9.17, 15) is 9.18 Å². The predicted octanol–water partition coefficient (Wildman–Crippen LogP) is 1.99. The molecule has 0 aliphatic carbocycles. The molecule has 1 N–H and O–H groups in total. The smallest absolute Gasteiger partial charge is 0.225 e. The first-order valence-corrected chi connectivity index (χ1v) is 8.06. The fraction of sp³-hybridized carbons (Fsp3) is 0.938. The van der Waals surface area contributed by atoms with Gasteiger partial charge in [-0.3, -0.25) is 4.79 Å². The zero-order valence-electron chi connectivity index (χ0n) is 13.6. The van der Waals surface area contributed by atoms with Gasteiger partial charge in [-0.1, -0.05) is 20.8 Å². The molecule has 0 spiro atoms. The molecule has 0 radical (unpaired) electrons. The van der Waals surface area contributed by atoms with Gasteiger partial charge in [-0.2, -0.15) is 0 Å². The number of nitrogens with zero attached hydrogens (tertiary/aromatic N) is 1. The van der Waals surface area contributed by atoms with Crippen LogP contribution in [-0.4, -0.2) is 55.9 Å². The minimum Gasteiger partial charge on any atom is -0.381 e. The number of halogens is 1. The van der Waals surface area contributed by atoms with Crippen molar-refractivity contribution in [2.75, 3.05) is 39.4 Å². The first-order valence-electron chi connectivity index (χ1n) is 8.06. The highest BCUT2D eigenvalue weighted by molar-refractivity contribution is 5.81. The van der Waals surface area contributed by atoms with Crippen LogP contribution in [0.4, 0.5) is 4.39 Å². The molecule has 0 aromatic carbocycles. The number of nitrogens with one attached hydrogen (secondary N) is 1. The molecule has 0 saturated carbocycles. The zero-order valence-corrected chi connectivity index (χ0v) is 13.6. The molecule has 2 fully saturated rings. The van der Waals surface area contributed by atoms with Crippen LogP contribution in [-0.2, 0) is 9.53 Å². The van der Waals surface area contributed by atoms with E-state index in [4.69, 9.17) is 4.74 Å². The van der Waals surface area contributed by atoms with E-state index in [2.05, 4.69) is 10.2 Å². The molecule has 2 rings (SSSR count). The van der Waals surface area contributed by atoms with Crippen LogP contribution < -0.4 is 5.32 Å². The summed E-state index contributed by atoms with van der Waals surface area (Å²) in [5.74, 6) is 0.530. The van der Waals surface area contributed by atoms with Gasteiger partial charge >= 0.3 is 0 Å². The third-order valence-electron chi connectivity index (χ3n) is 4.54. The Morgan fingerprint density at radius 3 is 2.57 bits per heavy atom. The van der Waals surface area contributed by atoms with Gasteiger partial charge in [0, 0.05) is 31.7 Å². The largest absolute Gasteiger partial charge is 0.381 e. The minimum absolute atomic E-state index is 0.0786. The van der Waals surface area contributed by atoms with E-state index >= 15 is 0 Å². The molecule has 4 nitrogen and oxygen atoms in total. The SMILES string of the molecule is CC(C)(C)C(=O)NCC1(F)CCN(CC2CCOC2)CC1. The van der Waals surface area contributed by atoms with E-state index in [1.54, 1.807) is 0 Å². The van der Waals surface area contributed by atoms with Crippen LogP contribution in [0.1, 0.15) is 40.0 Å². The molecule has 2 aliphatic rings. The Labute approximate surface area is 127 Å². The summed E-state index contributed by atoms with van der Waals surface area (Å²) in [6, 6.07) is 0. The number of ether oxygens (including phenoxy) is 1. The van der Waals surface area contributed by atoms with Gasteiger partial charge in [-0.05, 0) is 25.2 Å². The lowest BCUT2D eigenvalue weighted by Gasteiger charge is -2.37. The number of carbonyl (C=O) groups excluding carboxylic acids is 1. The second-order valence-electron chi connectivity index (χ2n) is 7.61. The molecule has 122 valence electrons. The Kier molecular flexibility index (Phi) is 5.25. The second-order valence-corrected chi connectivity index (χ2v) is 7.61. The third kappa shape index (κ3) is 4.92. The fourth-order valence-electron chi connectivity index (χ4n) is 2.91. The first kappa shape index (κ1) is 16.7. The lowest BCUT2D eigenvalue weighted by molar-refractivity contribution is -0.129. The summed E-state index contributed by atoms with van der Waals surface area (Å²) in [7, 11) is 0. The van der Waals surface area contributed by atoms with Gasteiger partial charge in [0.25, 0.3) is 0 Å². The van der Waals surface area contributed by atoms with Crippen LogP contribution in [0.2, 0.25) is 0 Å². The molecule has 2 heterocycles. The topological polar surface area (TPSA) is 41.6 Å². The Balaban J connectivity index is 1.72. The maximum atomic E-state index is 14.7. The highest BCUT2D eigenvalue weighted by Crippen LogP contribution is 2.27. The molecule has 1 unspecified atom stereocenters. The van der Waals surface area contributed by atoms with Crippen LogP contribution >= 0.6 is 0 Å². The zero-order chi connectivity index (χ0) is 15.5. The minimum atomic E-state index is -1.25. The maximum absolute atomic E-state index is 14.7. The van der Waals surface area contributed by atoms with Crippen molar-refractivity contribution in [2.24, 2.45) is 11.3 Å². The number of hydrogen-bond acceptors (Lipinski definition) is 3. The van der Waals surface area contributed by atoms with Crippen molar-refractivity contribution in [1.82, 2.24) is 10.2 Å². The van der Waals surface area contributed by atoms with Gasteiger partial charge in [-0.25, -0.2) is 4.39 Å². The lowest BCUT2D eigenvalue weighted by atomic mass is 9.91. The number of carbonyl (C=O) groups is 1. The summed E-state index contributed by atoms with van der Waals surface area (Å²) >= 11 is 0. The molecule has 1 amide bonds. The average molecular weight is 300 g/mol. The molecule has 21 heavy (non-hydrogen) atoms. The Hall–Kier alpha value is -0.680. The molecule has 2 aliphatic heterocycles. The number of hydrogen-bond donors (Lipinski definition) is 1. The summed E-state index contributed by atoms with van der Waals surface area (Å²) in [5, 5.41) is 2.77. The average Bonchev–Trinajstić information content (AvgIpc) is 2.91. The van der Waals surface area contributed by atoms with Crippen molar-refractivity contribution in [3.63, 3.8) is 0 Å². The van der Waals surface area contributed by atoms with Gasteiger partial charge in [0.2, 0.25) is 5.91 Å².